The lowest BCUT2D eigenvalue weighted by Crippen LogP contribution is -2.42. The molecule has 0 heterocycles. The van der Waals surface area contributed by atoms with Crippen molar-refractivity contribution in [3.63, 3.8) is 0 Å². The van der Waals surface area contributed by atoms with Crippen molar-refractivity contribution in [3.8, 4) is 0 Å². The van der Waals surface area contributed by atoms with E-state index in [2.05, 4.69) is 11.9 Å². The average Bonchev–Trinajstić information content (AvgIpc) is 2.58. The summed E-state index contributed by atoms with van der Waals surface area (Å²) in [4.78, 5) is 23.7. The summed E-state index contributed by atoms with van der Waals surface area (Å²) >= 11 is 0. The van der Waals surface area contributed by atoms with Crippen LogP contribution in [0.3, 0.4) is 0 Å². The lowest BCUT2D eigenvalue weighted by atomic mass is 10.0. The molecule has 0 aliphatic rings. The van der Waals surface area contributed by atoms with Gasteiger partial charge in [0.1, 0.15) is 12.6 Å². The number of allylic oxidation sites excluding steroid dienone is 2. The minimum absolute atomic E-state index is 0.143. The van der Waals surface area contributed by atoms with E-state index in [-0.39, 0.29) is 6.61 Å². The summed E-state index contributed by atoms with van der Waals surface area (Å²) in [5.74, 6) is -0.509. The van der Waals surface area contributed by atoms with Crippen LogP contribution < -0.4 is 5.32 Å². The number of esters is 1. The summed E-state index contributed by atoms with van der Waals surface area (Å²) in [5.41, 5.74) is 1.86. The van der Waals surface area contributed by atoms with Crippen LogP contribution in [0.25, 0.3) is 0 Å². The van der Waals surface area contributed by atoms with E-state index in [4.69, 9.17) is 9.47 Å². The molecule has 0 saturated carbocycles. The van der Waals surface area contributed by atoms with E-state index in [9.17, 15) is 9.59 Å². The maximum absolute atomic E-state index is 11.9. The van der Waals surface area contributed by atoms with Gasteiger partial charge in [-0.2, -0.15) is 0 Å². The van der Waals surface area contributed by atoms with E-state index in [1.54, 1.807) is 6.08 Å². The number of nitrogens with one attached hydrogen (secondary N) is 1. The Hall–Kier alpha value is -2.56. The lowest BCUT2D eigenvalue weighted by Gasteiger charge is -2.17. The molecule has 0 bridgehead atoms. The van der Waals surface area contributed by atoms with Crippen LogP contribution in [0.2, 0.25) is 0 Å². The fourth-order valence-corrected chi connectivity index (χ4v) is 2.01. The summed E-state index contributed by atoms with van der Waals surface area (Å²) in [6.45, 7) is 5.69. The van der Waals surface area contributed by atoms with Crippen molar-refractivity contribution in [2.75, 3.05) is 7.11 Å². The van der Waals surface area contributed by atoms with Crippen LogP contribution in [0, 0.1) is 0 Å². The average molecular weight is 317 g/mol. The number of benzene rings is 1. The van der Waals surface area contributed by atoms with Gasteiger partial charge in [0, 0.05) is 0 Å². The number of alkyl carbamates (subject to hydrolysis) is 1. The molecule has 5 nitrogen and oxygen atoms in total. The summed E-state index contributed by atoms with van der Waals surface area (Å²) < 4.78 is 9.87. The second kappa shape index (κ2) is 10.2. The number of amides is 1. The van der Waals surface area contributed by atoms with Gasteiger partial charge >= 0.3 is 12.1 Å². The first-order valence-corrected chi connectivity index (χ1v) is 7.40. The van der Waals surface area contributed by atoms with Crippen molar-refractivity contribution in [2.24, 2.45) is 0 Å². The molecule has 0 aromatic heterocycles. The first-order valence-electron chi connectivity index (χ1n) is 7.40. The number of hydrogen-bond donors (Lipinski definition) is 1. The summed E-state index contributed by atoms with van der Waals surface area (Å²) in [7, 11) is 1.29. The fourth-order valence-electron chi connectivity index (χ4n) is 2.01. The predicted molar refractivity (Wildman–Crippen MR) is 88.8 cm³/mol. The van der Waals surface area contributed by atoms with Crippen molar-refractivity contribution in [3.05, 3.63) is 60.2 Å². The number of hydrogen-bond acceptors (Lipinski definition) is 4. The molecule has 0 fully saturated rings. The predicted octanol–water partition coefficient (Wildman–Crippen LogP) is 3.37. The van der Waals surface area contributed by atoms with Gasteiger partial charge in [-0.05, 0) is 25.3 Å². The molecule has 0 aliphatic heterocycles. The zero-order valence-corrected chi connectivity index (χ0v) is 13.6. The molecule has 1 N–H and O–H groups in total. The zero-order valence-electron chi connectivity index (χ0n) is 13.6. The highest BCUT2D eigenvalue weighted by Crippen LogP contribution is 2.12. The molecule has 5 heteroatoms. The molecule has 0 saturated heterocycles. The molecule has 0 spiro atoms. The molecule has 1 unspecified atom stereocenters. The summed E-state index contributed by atoms with van der Waals surface area (Å²) in [6.07, 6.45) is 3.99. The highest BCUT2D eigenvalue weighted by molar-refractivity contribution is 5.81. The zero-order chi connectivity index (χ0) is 17.1. The molecule has 0 radical (unpaired) electrons. The van der Waals surface area contributed by atoms with Crippen molar-refractivity contribution in [1.29, 1.82) is 0 Å². The highest BCUT2D eigenvalue weighted by atomic mass is 16.6. The molecule has 1 atom stereocenters. The minimum atomic E-state index is -0.783. The first kappa shape index (κ1) is 18.5. The fraction of sp³-hybridized carbons (Fsp3) is 0.333. The van der Waals surface area contributed by atoms with Crippen LogP contribution in [-0.2, 0) is 20.9 Å². The van der Waals surface area contributed by atoms with Crippen LogP contribution in [0.5, 0.6) is 0 Å². The Morgan fingerprint density at radius 1 is 1.30 bits per heavy atom. The third kappa shape index (κ3) is 6.82. The Morgan fingerprint density at radius 3 is 2.57 bits per heavy atom. The SMILES string of the molecule is C=CC/C(=C\C)CC(NC(=O)OCc1ccccc1)C(=O)OC. The maximum atomic E-state index is 11.9. The lowest BCUT2D eigenvalue weighted by molar-refractivity contribution is -0.143. The Bertz CT molecular complexity index is 551. The van der Waals surface area contributed by atoms with Gasteiger partial charge in [0.25, 0.3) is 0 Å². The van der Waals surface area contributed by atoms with Gasteiger partial charge in [-0.25, -0.2) is 9.59 Å². The standard InChI is InChI=1S/C18H23NO4/c1-4-9-14(5-2)12-16(17(20)22-3)19-18(21)23-13-15-10-7-6-8-11-15/h4-8,10-11,16H,1,9,12-13H2,2-3H3,(H,19,21)/b14-5+. The molecular weight excluding hydrogens is 294 g/mol. The van der Waals surface area contributed by atoms with Crippen molar-refractivity contribution in [2.45, 2.75) is 32.4 Å². The van der Waals surface area contributed by atoms with E-state index < -0.39 is 18.1 Å². The molecule has 0 aliphatic carbocycles. The highest BCUT2D eigenvalue weighted by Gasteiger charge is 2.23. The number of carbonyl (C=O) groups excluding carboxylic acids is 2. The van der Waals surface area contributed by atoms with Crippen LogP contribution in [0.4, 0.5) is 4.79 Å². The monoisotopic (exact) mass is 317 g/mol. The maximum Gasteiger partial charge on any atom is 0.408 e. The third-order valence-corrected chi connectivity index (χ3v) is 3.27. The van der Waals surface area contributed by atoms with E-state index >= 15 is 0 Å². The number of rotatable bonds is 8. The van der Waals surface area contributed by atoms with Crippen LogP contribution >= 0.6 is 0 Å². The van der Waals surface area contributed by atoms with Gasteiger partial charge in [0.2, 0.25) is 0 Å². The summed E-state index contributed by atoms with van der Waals surface area (Å²) in [6, 6.07) is 8.53. The van der Waals surface area contributed by atoms with Crippen molar-refractivity contribution >= 4 is 12.1 Å². The topological polar surface area (TPSA) is 64.6 Å². The smallest absolute Gasteiger partial charge is 0.408 e. The van der Waals surface area contributed by atoms with Gasteiger partial charge in [0.15, 0.2) is 0 Å². The van der Waals surface area contributed by atoms with E-state index in [1.807, 2.05) is 43.3 Å². The van der Waals surface area contributed by atoms with Gasteiger partial charge in [-0.3, -0.25) is 0 Å². The Balaban J connectivity index is 2.60. The second-order valence-electron chi connectivity index (χ2n) is 4.93. The Kier molecular flexibility index (Phi) is 8.21. The molecule has 1 amide bonds. The van der Waals surface area contributed by atoms with E-state index in [1.165, 1.54) is 7.11 Å². The Morgan fingerprint density at radius 2 is 2.00 bits per heavy atom. The van der Waals surface area contributed by atoms with Gasteiger partial charge < -0.3 is 14.8 Å². The summed E-state index contributed by atoms with van der Waals surface area (Å²) in [5, 5.41) is 2.55. The van der Waals surface area contributed by atoms with Gasteiger partial charge in [0.05, 0.1) is 7.11 Å². The molecule has 1 rings (SSSR count). The second-order valence-corrected chi connectivity index (χ2v) is 4.93. The number of ether oxygens (including phenoxy) is 2. The molecular formula is C18H23NO4. The number of methoxy groups -OCH3 is 1. The normalized spacial score (nSPS) is 12.2. The quantitative estimate of drug-likeness (QED) is 0.590. The van der Waals surface area contributed by atoms with Gasteiger partial charge in [-0.1, -0.05) is 48.1 Å². The van der Waals surface area contributed by atoms with Crippen molar-refractivity contribution in [1.82, 2.24) is 5.32 Å². The molecule has 1 aromatic rings. The molecule has 124 valence electrons. The van der Waals surface area contributed by atoms with Gasteiger partial charge in [-0.15, -0.1) is 6.58 Å². The Labute approximate surface area is 137 Å². The van der Waals surface area contributed by atoms with E-state index in [0.717, 1.165) is 11.1 Å². The molecule has 1 aromatic carbocycles. The third-order valence-electron chi connectivity index (χ3n) is 3.27. The van der Waals surface area contributed by atoms with Crippen LogP contribution in [0.1, 0.15) is 25.3 Å². The van der Waals surface area contributed by atoms with Crippen LogP contribution in [-0.4, -0.2) is 25.2 Å². The first-order chi connectivity index (χ1) is 11.1. The van der Waals surface area contributed by atoms with Crippen LogP contribution in [0.15, 0.2) is 54.6 Å². The number of carbonyl (C=O) groups is 2. The van der Waals surface area contributed by atoms with E-state index in [0.29, 0.717) is 12.8 Å². The molecule has 23 heavy (non-hydrogen) atoms. The largest absolute Gasteiger partial charge is 0.467 e. The van der Waals surface area contributed by atoms with Crippen molar-refractivity contribution < 1.29 is 19.1 Å². The minimum Gasteiger partial charge on any atom is -0.467 e.